The Labute approximate surface area is 118 Å². The predicted molar refractivity (Wildman–Crippen MR) is 83.8 cm³/mol. The van der Waals surface area contributed by atoms with E-state index in [4.69, 9.17) is 5.73 Å². The molecule has 0 aliphatic carbocycles. The summed E-state index contributed by atoms with van der Waals surface area (Å²) in [6.45, 7) is 8.54. The van der Waals surface area contributed by atoms with Crippen LogP contribution in [-0.2, 0) is 4.79 Å². The van der Waals surface area contributed by atoms with E-state index in [1.807, 2.05) is 6.92 Å². The average Bonchev–Trinajstić information content (AvgIpc) is 2.35. The maximum absolute atomic E-state index is 10.7. The first-order valence-corrected chi connectivity index (χ1v) is 7.29. The zero-order valence-electron chi connectivity index (χ0n) is 13.0. The van der Waals surface area contributed by atoms with Crippen molar-refractivity contribution in [3.05, 3.63) is 34.9 Å². The number of carbonyl (C=O) groups is 1. The summed E-state index contributed by atoms with van der Waals surface area (Å²) in [7, 11) is 0. The zero-order chi connectivity index (χ0) is 14.7. The summed E-state index contributed by atoms with van der Waals surface area (Å²) in [5.41, 5.74) is 9.15. The van der Waals surface area contributed by atoms with E-state index in [2.05, 4.69) is 32.9 Å². The number of allylic oxidation sites excluding steroid dienone is 5. The molecule has 19 heavy (non-hydrogen) atoms. The fraction of sp³-hybridized carbons (Fsp3) is 0.588. The van der Waals surface area contributed by atoms with Crippen molar-refractivity contribution in [3.8, 4) is 0 Å². The molecule has 0 aromatic heterocycles. The molecular formula is C17H29NO. The Hall–Kier alpha value is -1.31. The van der Waals surface area contributed by atoms with Gasteiger partial charge in [-0.15, -0.1) is 0 Å². The smallest absolute Gasteiger partial charge is 0.241 e. The maximum atomic E-state index is 10.7. The molecule has 0 radical (unpaired) electrons. The monoisotopic (exact) mass is 263 g/mol. The fourth-order valence-electron chi connectivity index (χ4n) is 1.89. The van der Waals surface area contributed by atoms with Crippen molar-refractivity contribution < 1.29 is 4.79 Å². The van der Waals surface area contributed by atoms with Crippen LogP contribution >= 0.6 is 0 Å². The standard InChI is InChI=1S/C17H29NO/c1-5-14(3)9-7-11-16(6-2)12-8-10-15(4)13-17(18)19/h9,12-13H,5-8,10-11H2,1-4H3,(H2,18,19). The van der Waals surface area contributed by atoms with Crippen molar-refractivity contribution in [1.82, 2.24) is 0 Å². The van der Waals surface area contributed by atoms with Gasteiger partial charge in [0.2, 0.25) is 5.91 Å². The Kier molecular flexibility index (Phi) is 9.87. The number of rotatable bonds is 9. The highest BCUT2D eigenvalue weighted by molar-refractivity contribution is 5.86. The molecule has 0 atom stereocenters. The first-order valence-electron chi connectivity index (χ1n) is 7.29. The van der Waals surface area contributed by atoms with Crippen LogP contribution in [0.3, 0.4) is 0 Å². The third-order valence-corrected chi connectivity index (χ3v) is 3.33. The number of amides is 1. The molecule has 108 valence electrons. The molecular weight excluding hydrogens is 234 g/mol. The van der Waals surface area contributed by atoms with E-state index in [0.29, 0.717) is 0 Å². The van der Waals surface area contributed by atoms with E-state index in [9.17, 15) is 4.79 Å². The second-order valence-electron chi connectivity index (χ2n) is 5.09. The number of hydrogen-bond acceptors (Lipinski definition) is 1. The van der Waals surface area contributed by atoms with E-state index in [-0.39, 0.29) is 5.91 Å². The highest BCUT2D eigenvalue weighted by Gasteiger charge is 1.96. The molecule has 0 aromatic rings. The molecule has 2 N–H and O–H groups in total. The number of primary amides is 1. The van der Waals surface area contributed by atoms with Gasteiger partial charge >= 0.3 is 0 Å². The van der Waals surface area contributed by atoms with Crippen molar-refractivity contribution in [3.63, 3.8) is 0 Å². The molecule has 0 aromatic carbocycles. The van der Waals surface area contributed by atoms with Crippen LogP contribution < -0.4 is 5.73 Å². The number of hydrogen-bond donors (Lipinski definition) is 1. The predicted octanol–water partition coefficient (Wildman–Crippen LogP) is 4.67. The molecule has 0 unspecified atom stereocenters. The largest absolute Gasteiger partial charge is 0.366 e. The lowest BCUT2D eigenvalue weighted by molar-refractivity contribution is -0.113. The summed E-state index contributed by atoms with van der Waals surface area (Å²) in [6, 6.07) is 0. The van der Waals surface area contributed by atoms with Crippen LogP contribution in [0.5, 0.6) is 0 Å². The van der Waals surface area contributed by atoms with Crippen LogP contribution in [0.2, 0.25) is 0 Å². The normalized spacial score (nSPS) is 13.8. The van der Waals surface area contributed by atoms with Crippen LogP contribution in [0.15, 0.2) is 34.9 Å². The lowest BCUT2D eigenvalue weighted by atomic mass is 10.0. The zero-order valence-corrected chi connectivity index (χ0v) is 13.0. The van der Waals surface area contributed by atoms with Crippen LogP contribution in [-0.4, -0.2) is 5.91 Å². The SMILES string of the molecule is CCC(C)=CCCC(=CCCC(C)=CC(N)=O)CC. The van der Waals surface area contributed by atoms with Crippen molar-refractivity contribution >= 4 is 5.91 Å². The minimum absolute atomic E-state index is 0.350. The minimum Gasteiger partial charge on any atom is -0.366 e. The molecule has 0 saturated carbocycles. The molecule has 0 heterocycles. The lowest BCUT2D eigenvalue weighted by Gasteiger charge is -2.04. The molecule has 0 spiro atoms. The van der Waals surface area contributed by atoms with Crippen molar-refractivity contribution in [2.45, 2.75) is 66.2 Å². The second kappa shape index (κ2) is 10.6. The Morgan fingerprint density at radius 2 is 1.58 bits per heavy atom. The fourth-order valence-corrected chi connectivity index (χ4v) is 1.89. The molecule has 0 saturated heterocycles. The van der Waals surface area contributed by atoms with Gasteiger partial charge in [-0.05, 0) is 52.4 Å². The van der Waals surface area contributed by atoms with Gasteiger partial charge < -0.3 is 5.73 Å². The van der Waals surface area contributed by atoms with E-state index in [1.54, 1.807) is 0 Å². The summed E-state index contributed by atoms with van der Waals surface area (Å²) in [4.78, 5) is 10.7. The highest BCUT2D eigenvalue weighted by Crippen LogP contribution is 2.15. The van der Waals surface area contributed by atoms with Gasteiger partial charge in [-0.1, -0.05) is 42.7 Å². The first-order chi connectivity index (χ1) is 8.99. The quantitative estimate of drug-likeness (QED) is 0.476. The van der Waals surface area contributed by atoms with Crippen molar-refractivity contribution in [2.75, 3.05) is 0 Å². The van der Waals surface area contributed by atoms with Crippen LogP contribution in [0, 0.1) is 0 Å². The summed E-state index contributed by atoms with van der Waals surface area (Å²) in [5, 5.41) is 0. The number of carbonyl (C=O) groups excluding carboxylic acids is 1. The number of nitrogens with two attached hydrogens (primary N) is 1. The van der Waals surface area contributed by atoms with Gasteiger partial charge in [0.25, 0.3) is 0 Å². The molecule has 2 nitrogen and oxygen atoms in total. The minimum atomic E-state index is -0.350. The van der Waals surface area contributed by atoms with E-state index < -0.39 is 0 Å². The Morgan fingerprint density at radius 1 is 0.947 bits per heavy atom. The van der Waals surface area contributed by atoms with Gasteiger partial charge in [-0.2, -0.15) is 0 Å². The molecule has 1 amide bonds. The lowest BCUT2D eigenvalue weighted by Crippen LogP contribution is -2.06. The highest BCUT2D eigenvalue weighted by atomic mass is 16.1. The summed E-state index contributed by atoms with van der Waals surface area (Å²) in [6.07, 6.45) is 12.6. The van der Waals surface area contributed by atoms with Crippen molar-refractivity contribution in [1.29, 1.82) is 0 Å². The van der Waals surface area contributed by atoms with Gasteiger partial charge in [0.05, 0.1) is 0 Å². The van der Waals surface area contributed by atoms with Gasteiger partial charge in [-0.25, -0.2) is 0 Å². The van der Waals surface area contributed by atoms with Crippen molar-refractivity contribution in [2.24, 2.45) is 5.73 Å². The molecule has 0 fully saturated rings. The molecule has 0 aliphatic rings. The van der Waals surface area contributed by atoms with Gasteiger partial charge in [0, 0.05) is 6.08 Å². The summed E-state index contributed by atoms with van der Waals surface area (Å²) in [5.74, 6) is -0.350. The molecule has 2 heteroatoms. The Bertz CT molecular complexity index is 361. The van der Waals surface area contributed by atoms with E-state index in [1.165, 1.54) is 17.2 Å². The summed E-state index contributed by atoms with van der Waals surface area (Å²) < 4.78 is 0. The molecule has 0 aliphatic heterocycles. The van der Waals surface area contributed by atoms with Gasteiger partial charge in [-0.3, -0.25) is 4.79 Å². The third-order valence-electron chi connectivity index (χ3n) is 3.33. The van der Waals surface area contributed by atoms with E-state index >= 15 is 0 Å². The first kappa shape index (κ1) is 17.7. The Morgan fingerprint density at radius 3 is 2.11 bits per heavy atom. The molecule has 0 bridgehead atoms. The topological polar surface area (TPSA) is 43.1 Å². The van der Waals surface area contributed by atoms with Gasteiger partial charge in [0.1, 0.15) is 0 Å². The van der Waals surface area contributed by atoms with Crippen LogP contribution in [0.1, 0.15) is 66.2 Å². The van der Waals surface area contributed by atoms with Crippen LogP contribution in [0.25, 0.3) is 0 Å². The third kappa shape index (κ3) is 10.3. The van der Waals surface area contributed by atoms with Gasteiger partial charge in [0.15, 0.2) is 0 Å². The molecule has 0 rings (SSSR count). The van der Waals surface area contributed by atoms with Crippen LogP contribution in [0.4, 0.5) is 0 Å². The Balaban J connectivity index is 4.16. The second-order valence-corrected chi connectivity index (χ2v) is 5.09. The maximum Gasteiger partial charge on any atom is 0.241 e. The average molecular weight is 263 g/mol. The van der Waals surface area contributed by atoms with E-state index in [0.717, 1.165) is 44.1 Å². The summed E-state index contributed by atoms with van der Waals surface area (Å²) >= 11 is 0.